The molecule has 0 aliphatic heterocycles. The summed E-state index contributed by atoms with van der Waals surface area (Å²) in [5.41, 5.74) is 4.03. The number of halogens is 3. The van der Waals surface area contributed by atoms with E-state index in [9.17, 15) is 8.78 Å². The lowest BCUT2D eigenvalue weighted by molar-refractivity contribution is 0.509. The molecule has 100 valence electrons. The molecular formula is C14H13BrF2N2. The van der Waals surface area contributed by atoms with Crippen molar-refractivity contribution >= 4 is 15.9 Å². The SMILES string of the molecule is Cc1cc(Br)ccc1C(NN)c1c(F)cccc1F. The van der Waals surface area contributed by atoms with Crippen LogP contribution in [0.2, 0.25) is 0 Å². The van der Waals surface area contributed by atoms with Gasteiger partial charge >= 0.3 is 0 Å². The molecule has 0 saturated carbocycles. The van der Waals surface area contributed by atoms with Crippen LogP contribution in [0.5, 0.6) is 0 Å². The average Bonchev–Trinajstić information content (AvgIpc) is 2.35. The number of hydrazine groups is 1. The Hall–Kier alpha value is -1.30. The van der Waals surface area contributed by atoms with Crippen LogP contribution in [0, 0.1) is 18.6 Å². The van der Waals surface area contributed by atoms with E-state index in [1.165, 1.54) is 18.2 Å². The first kappa shape index (κ1) is 14.1. The highest BCUT2D eigenvalue weighted by molar-refractivity contribution is 9.10. The van der Waals surface area contributed by atoms with Crippen molar-refractivity contribution in [2.75, 3.05) is 0 Å². The predicted octanol–water partition coefficient (Wildman–Crippen LogP) is 3.59. The number of nitrogens with two attached hydrogens (primary N) is 1. The Morgan fingerprint density at radius 3 is 2.32 bits per heavy atom. The molecule has 2 nitrogen and oxygen atoms in total. The molecule has 0 amide bonds. The lowest BCUT2D eigenvalue weighted by Crippen LogP contribution is -2.30. The van der Waals surface area contributed by atoms with Crippen LogP contribution in [0.25, 0.3) is 0 Å². The molecule has 2 aromatic rings. The molecule has 0 saturated heterocycles. The Balaban J connectivity index is 2.56. The second kappa shape index (κ2) is 5.77. The van der Waals surface area contributed by atoms with Crippen molar-refractivity contribution in [2.24, 2.45) is 5.84 Å². The molecular weight excluding hydrogens is 314 g/mol. The van der Waals surface area contributed by atoms with E-state index in [4.69, 9.17) is 5.84 Å². The van der Waals surface area contributed by atoms with Crippen LogP contribution in [-0.4, -0.2) is 0 Å². The summed E-state index contributed by atoms with van der Waals surface area (Å²) in [7, 11) is 0. The van der Waals surface area contributed by atoms with Gasteiger partial charge in [-0.05, 0) is 42.3 Å². The van der Waals surface area contributed by atoms with E-state index in [1.54, 1.807) is 6.07 Å². The molecule has 0 heterocycles. The lowest BCUT2D eigenvalue weighted by atomic mass is 9.95. The van der Waals surface area contributed by atoms with Crippen molar-refractivity contribution < 1.29 is 8.78 Å². The third kappa shape index (κ3) is 2.83. The van der Waals surface area contributed by atoms with Gasteiger partial charge in [-0.2, -0.15) is 0 Å². The molecule has 0 radical (unpaired) electrons. The fraction of sp³-hybridized carbons (Fsp3) is 0.143. The highest BCUT2D eigenvalue weighted by atomic mass is 79.9. The maximum Gasteiger partial charge on any atom is 0.131 e. The zero-order valence-corrected chi connectivity index (χ0v) is 11.8. The molecule has 0 spiro atoms. The Morgan fingerprint density at radius 1 is 1.16 bits per heavy atom. The average molecular weight is 327 g/mol. The number of hydrogen-bond acceptors (Lipinski definition) is 2. The van der Waals surface area contributed by atoms with Crippen LogP contribution in [0.15, 0.2) is 40.9 Å². The summed E-state index contributed by atoms with van der Waals surface area (Å²) in [6.07, 6.45) is 0. The lowest BCUT2D eigenvalue weighted by Gasteiger charge is -2.20. The molecule has 3 N–H and O–H groups in total. The summed E-state index contributed by atoms with van der Waals surface area (Å²) in [5.74, 6) is 4.25. The third-order valence-electron chi connectivity index (χ3n) is 3.00. The molecule has 0 aliphatic carbocycles. The van der Waals surface area contributed by atoms with Gasteiger partial charge < -0.3 is 0 Å². The summed E-state index contributed by atoms with van der Waals surface area (Å²) >= 11 is 3.35. The topological polar surface area (TPSA) is 38.0 Å². The molecule has 2 rings (SSSR count). The molecule has 0 fully saturated rings. The number of hydrogen-bond donors (Lipinski definition) is 2. The van der Waals surface area contributed by atoms with E-state index < -0.39 is 17.7 Å². The first-order valence-electron chi connectivity index (χ1n) is 5.70. The normalized spacial score (nSPS) is 12.5. The number of nitrogens with one attached hydrogen (secondary N) is 1. The van der Waals surface area contributed by atoms with E-state index in [0.29, 0.717) is 0 Å². The first-order valence-corrected chi connectivity index (χ1v) is 6.50. The largest absolute Gasteiger partial charge is 0.271 e. The van der Waals surface area contributed by atoms with Crippen molar-refractivity contribution in [3.8, 4) is 0 Å². The number of benzene rings is 2. The summed E-state index contributed by atoms with van der Waals surface area (Å²) in [4.78, 5) is 0. The Labute approximate surface area is 118 Å². The fourth-order valence-corrected chi connectivity index (χ4v) is 2.55. The molecule has 2 aromatic carbocycles. The summed E-state index contributed by atoms with van der Waals surface area (Å²) in [6, 6.07) is 8.51. The van der Waals surface area contributed by atoms with Gasteiger partial charge in [0.05, 0.1) is 6.04 Å². The van der Waals surface area contributed by atoms with E-state index >= 15 is 0 Å². The monoisotopic (exact) mass is 326 g/mol. The molecule has 0 bridgehead atoms. The predicted molar refractivity (Wildman–Crippen MR) is 74.4 cm³/mol. The summed E-state index contributed by atoms with van der Waals surface area (Å²) in [6.45, 7) is 1.86. The maximum absolute atomic E-state index is 13.8. The summed E-state index contributed by atoms with van der Waals surface area (Å²) in [5, 5.41) is 0. The van der Waals surface area contributed by atoms with Crippen molar-refractivity contribution in [3.05, 3.63) is 69.2 Å². The Morgan fingerprint density at radius 2 is 1.79 bits per heavy atom. The Bertz CT molecular complexity index is 582. The first-order chi connectivity index (χ1) is 9.04. The minimum Gasteiger partial charge on any atom is -0.271 e. The fourth-order valence-electron chi connectivity index (χ4n) is 2.08. The van der Waals surface area contributed by atoms with Crippen LogP contribution in [0.4, 0.5) is 8.78 Å². The van der Waals surface area contributed by atoms with Gasteiger partial charge in [-0.15, -0.1) is 0 Å². The van der Waals surface area contributed by atoms with Crippen LogP contribution < -0.4 is 11.3 Å². The van der Waals surface area contributed by atoms with Gasteiger partial charge in [-0.1, -0.05) is 28.1 Å². The molecule has 1 atom stereocenters. The van der Waals surface area contributed by atoms with E-state index in [0.717, 1.165) is 15.6 Å². The van der Waals surface area contributed by atoms with Crippen LogP contribution in [0.3, 0.4) is 0 Å². The number of rotatable bonds is 3. The van der Waals surface area contributed by atoms with Crippen LogP contribution in [0.1, 0.15) is 22.7 Å². The van der Waals surface area contributed by atoms with Gasteiger partial charge in [0, 0.05) is 10.0 Å². The Kier molecular flexibility index (Phi) is 4.29. The molecule has 1 unspecified atom stereocenters. The van der Waals surface area contributed by atoms with Crippen LogP contribution in [-0.2, 0) is 0 Å². The van der Waals surface area contributed by atoms with Gasteiger partial charge in [0.15, 0.2) is 0 Å². The quantitative estimate of drug-likeness (QED) is 0.668. The molecule has 19 heavy (non-hydrogen) atoms. The van der Waals surface area contributed by atoms with Gasteiger partial charge in [0.1, 0.15) is 11.6 Å². The molecule has 5 heteroatoms. The maximum atomic E-state index is 13.8. The second-order valence-electron chi connectivity index (χ2n) is 4.24. The van der Waals surface area contributed by atoms with Crippen molar-refractivity contribution in [2.45, 2.75) is 13.0 Å². The van der Waals surface area contributed by atoms with E-state index in [-0.39, 0.29) is 5.56 Å². The minimum absolute atomic E-state index is 0.0737. The van der Waals surface area contributed by atoms with E-state index in [1.807, 2.05) is 19.1 Å². The van der Waals surface area contributed by atoms with Crippen LogP contribution >= 0.6 is 15.9 Å². The van der Waals surface area contributed by atoms with Gasteiger partial charge in [-0.25, -0.2) is 14.2 Å². The van der Waals surface area contributed by atoms with Crippen molar-refractivity contribution in [1.29, 1.82) is 0 Å². The minimum atomic E-state index is -0.728. The number of aryl methyl sites for hydroxylation is 1. The van der Waals surface area contributed by atoms with Gasteiger partial charge in [0.25, 0.3) is 0 Å². The summed E-state index contributed by atoms with van der Waals surface area (Å²) < 4.78 is 28.6. The zero-order chi connectivity index (χ0) is 14.0. The second-order valence-corrected chi connectivity index (χ2v) is 5.15. The standard InChI is InChI=1S/C14H13BrF2N2/c1-8-7-9(15)5-6-10(8)14(19-18)13-11(16)3-2-4-12(13)17/h2-7,14,19H,18H2,1H3. The molecule has 0 aliphatic rings. The zero-order valence-electron chi connectivity index (χ0n) is 10.3. The van der Waals surface area contributed by atoms with Gasteiger partial charge in [-0.3, -0.25) is 5.84 Å². The third-order valence-corrected chi connectivity index (χ3v) is 3.49. The molecule has 0 aromatic heterocycles. The van der Waals surface area contributed by atoms with Gasteiger partial charge in [0.2, 0.25) is 0 Å². The highest BCUT2D eigenvalue weighted by Crippen LogP contribution is 2.29. The van der Waals surface area contributed by atoms with Crippen molar-refractivity contribution in [1.82, 2.24) is 5.43 Å². The smallest absolute Gasteiger partial charge is 0.131 e. The highest BCUT2D eigenvalue weighted by Gasteiger charge is 2.22. The van der Waals surface area contributed by atoms with E-state index in [2.05, 4.69) is 21.4 Å². The van der Waals surface area contributed by atoms with Crippen molar-refractivity contribution in [3.63, 3.8) is 0 Å².